The maximum Gasteiger partial charge on any atom is 0.125 e. The number of benzene rings is 2. The van der Waals surface area contributed by atoms with Crippen LogP contribution in [0.2, 0.25) is 0 Å². The summed E-state index contributed by atoms with van der Waals surface area (Å²) in [5.74, 6) is -0.410. The summed E-state index contributed by atoms with van der Waals surface area (Å²) >= 11 is 0. The zero-order valence-electron chi connectivity index (χ0n) is 14.1. The van der Waals surface area contributed by atoms with Crippen molar-refractivity contribution in [3.63, 3.8) is 0 Å². The molecule has 0 fully saturated rings. The van der Waals surface area contributed by atoms with Crippen molar-refractivity contribution in [3.05, 3.63) is 65.9 Å². The Kier molecular flexibility index (Phi) is 5.12. The van der Waals surface area contributed by atoms with Crippen molar-refractivity contribution in [1.82, 2.24) is 4.98 Å². The number of anilines is 1. The molecule has 1 unspecified atom stereocenters. The van der Waals surface area contributed by atoms with Gasteiger partial charge in [0.05, 0.1) is 0 Å². The Labute approximate surface area is 145 Å². The van der Waals surface area contributed by atoms with E-state index in [-0.39, 0.29) is 17.6 Å². The Bertz CT molecular complexity index is 886. The van der Waals surface area contributed by atoms with Gasteiger partial charge in [0.1, 0.15) is 11.6 Å². The summed E-state index contributed by atoms with van der Waals surface area (Å²) in [6.45, 7) is 2.62. The lowest BCUT2D eigenvalue weighted by molar-refractivity contribution is 0.628. The lowest BCUT2D eigenvalue weighted by atomic mass is 9.94. The molecule has 0 aliphatic rings. The minimum absolute atomic E-state index is 0.122. The fourth-order valence-corrected chi connectivity index (χ4v) is 3.06. The molecule has 2 aromatic carbocycles. The fourth-order valence-electron chi connectivity index (χ4n) is 3.06. The third-order valence-electron chi connectivity index (χ3n) is 4.34. The molecule has 0 aliphatic heterocycles. The molecule has 0 bridgehead atoms. The van der Waals surface area contributed by atoms with E-state index in [1.54, 1.807) is 18.2 Å². The summed E-state index contributed by atoms with van der Waals surface area (Å²) in [6, 6.07) is 11.0. The van der Waals surface area contributed by atoms with Crippen molar-refractivity contribution in [2.75, 3.05) is 11.9 Å². The largest absolute Gasteiger partial charge is 0.385 e. The Hall–Kier alpha value is -2.69. The number of fused-ring (bicyclic) bond motifs is 1. The van der Waals surface area contributed by atoms with Gasteiger partial charge in [-0.25, -0.2) is 8.78 Å². The number of halogens is 2. The third-order valence-corrected chi connectivity index (χ3v) is 4.34. The van der Waals surface area contributed by atoms with E-state index in [1.165, 1.54) is 24.3 Å². The van der Waals surface area contributed by atoms with E-state index in [0.717, 1.165) is 16.5 Å². The first kappa shape index (κ1) is 17.1. The molecular formula is C20H21F2N3. The molecule has 130 valence electrons. The Morgan fingerprint density at radius 1 is 1.16 bits per heavy atom. The highest BCUT2D eigenvalue weighted by Crippen LogP contribution is 2.28. The van der Waals surface area contributed by atoms with Crippen molar-refractivity contribution >= 4 is 22.3 Å². The SMILES string of the molecule is CC(CC(=N)CCNc1cccc(F)c1)c1c[nH]c2ccc(F)cc12. The van der Waals surface area contributed by atoms with Gasteiger partial charge >= 0.3 is 0 Å². The number of rotatable bonds is 7. The molecule has 0 amide bonds. The van der Waals surface area contributed by atoms with Gasteiger partial charge in [0.25, 0.3) is 0 Å². The summed E-state index contributed by atoms with van der Waals surface area (Å²) in [5.41, 5.74) is 3.26. The van der Waals surface area contributed by atoms with Crippen LogP contribution in [0, 0.1) is 17.0 Å². The molecule has 3 N–H and O–H groups in total. The summed E-state index contributed by atoms with van der Waals surface area (Å²) in [5, 5.41) is 12.2. The van der Waals surface area contributed by atoms with Gasteiger partial charge in [-0.1, -0.05) is 13.0 Å². The summed E-state index contributed by atoms with van der Waals surface area (Å²) in [4.78, 5) is 3.15. The van der Waals surface area contributed by atoms with Crippen molar-refractivity contribution in [1.29, 1.82) is 5.41 Å². The van der Waals surface area contributed by atoms with Gasteiger partial charge in [0.2, 0.25) is 0 Å². The lowest BCUT2D eigenvalue weighted by Crippen LogP contribution is -2.10. The smallest absolute Gasteiger partial charge is 0.125 e. The van der Waals surface area contributed by atoms with Gasteiger partial charge < -0.3 is 15.7 Å². The van der Waals surface area contributed by atoms with E-state index < -0.39 is 0 Å². The van der Waals surface area contributed by atoms with E-state index in [2.05, 4.69) is 10.3 Å². The van der Waals surface area contributed by atoms with Gasteiger partial charge in [-0.05, 0) is 54.3 Å². The molecule has 0 saturated heterocycles. The predicted octanol–water partition coefficient (Wildman–Crippen LogP) is 5.46. The fraction of sp³-hybridized carbons (Fsp3) is 0.250. The van der Waals surface area contributed by atoms with Crippen molar-refractivity contribution in [3.8, 4) is 0 Å². The van der Waals surface area contributed by atoms with Crippen molar-refractivity contribution in [2.24, 2.45) is 0 Å². The quantitative estimate of drug-likeness (QED) is 0.491. The van der Waals surface area contributed by atoms with Crippen molar-refractivity contribution in [2.45, 2.75) is 25.7 Å². The molecule has 0 aliphatic carbocycles. The topological polar surface area (TPSA) is 51.7 Å². The molecule has 3 aromatic rings. The maximum absolute atomic E-state index is 13.5. The first-order valence-corrected chi connectivity index (χ1v) is 8.35. The van der Waals surface area contributed by atoms with Crippen LogP contribution < -0.4 is 5.32 Å². The van der Waals surface area contributed by atoms with E-state index in [4.69, 9.17) is 5.41 Å². The minimum atomic E-state index is -0.278. The second-order valence-corrected chi connectivity index (χ2v) is 6.33. The number of aromatic amines is 1. The monoisotopic (exact) mass is 341 g/mol. The molecular weight excluding hydrogens is 320 g/mol. The highest BCUT2D eigenvalue weighted by Gasteiger charge is 2.14. The summed E-state index contributed by atoms with van der Waals surface area (Å²) in [7, 11) is 0. The van der Waals surface area contributed by atoms with Gasteiger partial charge in [0, 0.05) is 41.5 Å². The Balaban J connectivity index is 1.56. The average molecular weight is 341 g/mol. The van der Waals surface area contributed by atoms with Crippen LogP contribution in [0.5, 0.6) is 0 Å². The second kappa shape index (κ2) is 7.47. The minimum Gasteiger partial charge on any atom is -0.385 e. The third kappa shape index (κ3) is 4.24. The molecule has 1 aromatic heterocycles. The van der Waals surface area contributed by atoms with E-state index >= 15 is 0 Å². The van der Waals surface area contributed by atoms with Crippen LogP contribution in [-0.2, 0) is 0 Å². The lowest BCUT2D eigenvalue weighted by Gasteiger charge is -2.13. The van der Waals surface area contributed by atoms with Crippen LogP contribution in [0.4, 0.5) is 14.5 Å². The number of H-pyrrole nitrogens is 1. The summed E-state index contributed by atoms with van der Waals surface area (Å²) < 4.78 is 26.6. The number of aromatic nitrogens is 1. The molecule has 0 saturated carbocycles. The van der Waals surface area contributed by atoms with Crippen LogP contribution in [0.15, 0.2) is 48.7 Å². The zero-order valence-corrected chi connectivity index (χ0v) is 14.1. The van der Waals surface area contributed by atoms with E-state index in [9.17, 15) is 8.78 Å². The Morgan fingerprint density at radius 2 is 1.96 bits per heavy atom. The van der Waals surface area contributed by atoms with Crippen LogP contribution in [0.25, 0.3) is 10.9 Å². The molecule has 0 radical (unpaired) electrons. The van der Waals surface area contributed by atoms with Crippen LogP contribution in [0.1, 0.15) is 31.2 Å². The van der Waals surface area contributed by atoms with Crippen LogP contribution >= 0.6 is 0 Å². The number of hydrogen-bond donors (Lipinski definition) is 3. The van der Waals surface area contributed by atoms with Gasteiger partial charge in [-0.3, -0.25) is 0 Å². The number of nitrogens with one attached hydrogen (secondary N) is 3. The normalized spacial score (nSPS) is 12.3. The molecule has 3 nitrogen and oxygen atoms in total. The summed E-state index contributed by atoms with van der Waals surface area (Å²) in [6.07, 6.45) is 3.08. The number of hydrogen-bond acceptors (Lipinski definition) is 2. The van der Waals surface area contributed by atoms with E-state index in [1.807, 2.05) is 13.1 Å². The average Bonchev–Trinajstić information content (AvgIpc) is 2.98. The highest BCUT2D eigenvalue weighted by molar-refractivity contribution is 5.86. The zero-order chi connectivity index (χ0) is 17.8. The molecule has 1 heterocycles. The Morgan fingerprint density at radius 3 is 2.76 bits per heavy atom. The standard InChI is InChI=1S/C20H21F2N3/c1-13(19-12-25-20-6-5-15(22)11-18(19)20)9-16(23)7-8-24-17-4-2-3-14(21)10-17/h2-6,10-13,23-25H,7-9H2,1H3. The highest BCUT2D eigenvalue weighted by atomic mass is 19.1. The molecule has 3 rings (SSSR count). The van der Waals surface area contributed by atoms with Crippen LogP contribution in [-0.4, -0.2) is 17.2 Å². The first-order valence-electron chi connectivity index (χ1n) is 8.35. The van der Waals surface area contributed by atoms with Crippen molar-refractivity contribution < 1.29 is 8.78 Å². The van der Waals surface area contributed by atoms with E-state index in [0.29, 0.717) is 30.8 Å². The second-order valence-electron chi connectivity index (χ2n) is 6.33. The molecule has 0 spiro atoms. The predicted molar refractivity (Wildman–Crippen MR) is 98.5 cm³/mol. The maximum atomic E-state index is 13.5. The van der Waals surface area contributed by atoms with Gasteiger partial charge in [-0.2, -0.15) is 0 Å². The van der Waals surface area contributed by atoms with Gasteiger partial charge in [0.15, 0.2) is 0 Å². The first-order chi connectivity index (χ1) is 12.0. The molecule has 5 heteroatoms. The molecule has 25 heavy (non-hydrogen) atoms. The van der Waals surface area contributed by atoms with Gasteiger partial charge in [-0.15, -0.1) is 0 Å². The molecule has 1 atom stereocenters. The van der Waals surface area contributed by atoms with Crippen LogP contribution in [0.3, 0.4) is 0 Å².